The molecule has 1 aliphatic rings. The van der Waals surface area contributed by atoms with Gasteiger partial charge in [0.05, 0.1) is 19.3 Å². The second-order valence-electron chi connectivity index (χ2n) is 4.79. The number of esters is 1. The highest BCUT2D eigenvalue weighted by molar-refractivity contribution is 5.71. The summed E-state index contributed by atoms with van der Waals surface area (Å²) in [7, 11) is 0. The summed E-state index contributed by atoms with van der Waals surface area (Å²) in [5.41, 5.74) is 0. The first-order valence-corrected chi connectivity index (χ1v) is 6.38. The van der Waals surface area contributed by atoms with Gasteiger partial charge in [-0.15, -0.1) is 0 Å². The zero-order valence-electron chi connectivity index (χ0n) is 10.8. The summed E-state index contributed by atoms with van der Waals surface area (Å²) in [6.07, 6.45) is 2.25. The minimum atomic E-state index is -0.216. The maximum absolute atomic E-state index is 11.5. The van der Waals surface area contributed by atoms with Crippen LogP contribution in [-0.2, 0) is 9.53 Å². The number of nitrogens with one attached hydrogen (secondary N) is 1. The molecule has 1 fully saturated rings. The third-order valence-electron chi connectivity index (χ3n) is 2.78. The van der Waals surface area contributed by atoms with Crippen LogP contribution in [0.5, 0.6) is 0 Å². The Labute approximate surface area is 103 Å². The third-order valence-corrected chi connectivity index (χ3v) is 2.78. The summed E-state index contributed by atoms with van der Waals surface area (Å²) < 4.78 is 5.11. The summed E-state index contributed by atoms with van der Waals surface area (Å²) in [6, 6.07) is 0.438. The van der Waals surface area contributed by atoms with Crippen molar-refractivity contribution in [1.29, 1.82) is 0 Å². The van der Waals surface area contributed by atoms with Gasteiger partial charge >= 0.3 is 5.97 Å². The summed E-state index contributed by atoms with van der Waals surface area (Å²) in [5.74, 6) is -0.216. The Kier molecular flexibility index (Phi) is 6.47. The Morgan fingerprint density at radius 2 is 2.35 bits per heavy atom. The number of ether oxygens (including phenoxy) is 1. The molecule has 1 atom stereocenters. The number of carbonyl (C=O) groups is 1. The van der Waals surface area contributed by atoms with Crippen LogP contribution in [0.4, 0.5) is 0 Å². The Hall–Kier alpha value is -0.650. The maximum atomic E-state index is 11.5. The van der Waals surface area contributed by atoms with Crippen molar-refractivity contribution in [3.63, 3.8) is 0 Å². The Morgan fingerprint density at radius 1 is 1.59 bits per heavy atom. The average Bonchev–Trinajstić information content (AvgIpc) is 2.69. The van der Waals surface area contributed by atoms with E-state index in [0.29, 0.717) is 12.6 Å². The molecule has 0 aromatic rings. The van der Waals surface area contributed by atoms with Crippen molar-refractivity contribution in [3.8, 4) is 0 Å². The molecule has 1 unspecified atom stereocenters. The molecule has 1 rings (SSSR count). The first-order chi connectivity index (χ1) is 8.11. The SMILES string of the molecule is CC(C)OC(=O)CN(CCO)CC1CCCN1. The lowest BCUT2D eigenvalue weighted by Gasteiger charge is -2.24. The van der Waals surface area contributed by atoms with Gasteiger partial charge in [-0.05, 0) is 33.2 Å². The van der Waals surface area contributed by atoms with Crippen LogP contribution in [0, 0.1) is 0 Å². The molecule has 0 aromatic carbocycles. The van der Waals surface area contributed by atoms with Gasteiger partial charge in [0.15, 0.2) is 0 Å². The van der Waals surface area contributed by atoms with E-state index in [4.69, 9.17) is 9.84 Å². The van der Waals surface area contributed by atoms with E-state index in [0.717, 1.165) is 19.5 Å². The van der Waals surface area contributed by atoms with Crippen molar-refractivity contribution in [2.24, 2.45) is 0 Å². The average molecular weight is 244 g/mol. The van der Waals surface area contributed by atoms with Crippen LogP contribution in [0.15, 0.2) is 0 Å². The van der Waals surface area contributed by atoms with E-state index < -0.39 is 0 Å². The molecule has 100 valence electrons. The number of nitrogens with zero attached hydrogens (tertiary/aromatic N) is 1. The van der Waals surface area contributed by atoms with Crippen molar-refractivity contribution >= 4 is 5.97 Å². The molecule has 0 radical (unpaired) electrons. The summed E-state index contributed by atoms with van der Waals surface area (Å²) >= 11 is 0. The molecule has 0 saturated carbocycles. The van der Waals surface area contributed by atoms with E-state index in [2.05, 4.69) is 5.32 Å². The molecule has 0 bridgehead atoms. The van der Waals surface area contributed by atoms with Gasteiger partial charge in [-0.3, -0.25) is 9.69 Å². The van der Waals surface area contributed by atoms with Gasteiger partial charge in [-0.2, -0.15) is 0 Å². The minimum Gasteiger partial charge on any atom is -0.462 e. The monoisotopic (exact) mass is 244 g/mol. The van der Waals surface area contributed by atoms with Crippen LogP contribution in [0.3, 0.4) is 0 Å². The Morgan fingerprint density at radius 3 is 2.88 bits per heavy atom. The molecule has 1 aliphatic heterocycles. The predicted molar refractivity (Wildman–Crippen MR) is 65.8 cm³/mol. The lowest BCUT2D eigenvalue weighted by Crippen LogP contribution is -2.42. The molecular formula is C12H24N2O3. The van der Waals surface area contributed by atoms with Gasteiger partial charge in [-0.25, -0.2) is 0 Å². The topological polar surface area (TPSA) is 61.8 Å². The number of aliphatic hydroxyl groups excluding tert-OH is 1. The third kappa shape index (κ3) is 6.00. The second kappa shape index (κ2) is 7.63. The van der Waals surface area contributed by atoms with Gasteiger partial charge in [-0.1, -0.05) is 0 Å². The number of carbonyl (C=O) groups excluding carboxylic acids is 1. The van der Waals surface area contributed by atoms with Crippen LogP contribution in [0.2, 0.25) is 0 Å². The van der Waals surface area contributed by atoms with Crippen molar-refractivity contribution < 1.29 is 14.6 Å². The number of aliphatic hydroxyl groups is 1. The first kappa shape index (κ1) is 14.4. The van der Waals surface area contributed by atoms with Gasteiger partial charge in [0.1, 0.15) is 0 Å². The first-order valence-electron chi connectivity index (χ1n) is 6.38. The normalized spacial score (nSPS) is 20.2. The van der Waals surface area contributed by atoms with Crippen molar-refractivity contribution in [2.45, 2.75) is 38.8 Å². The highest BCUT2D eigenvalue weighted by Gasteiger charge is 2.20. The van der Waals surface area contributed by atoms with Crippen LogP contribution in [0.1, 0.15) is 26.7 Å². The Balaban J connectivity index is 2.33. The summed E-state index contributed by atoms with van der Waals surface area (Å²) in [5, 5.41) is 12.4. The van der Waals surface area contributed by atoms with E-state index in [-0.39, 0.29) is 25.2 Å². The molecule has 1 saturated heterocycles. The molecule has 5 nitrogen and oxygen atoms in total. The second-order valence-corrected chi connectivity index (χ2v) is 4.79. The molecule has 5 heteroatoms. The predicted octanol–water partition coefficient (Wildman–Crippen LogP) is -0.0157. The standard InChI is InChI=1S/C12H24N2O3/c1-10(2)17-12(16)9-14(6-7-15)8-11-4-3-5-13-11/h10-11,13,15H,3-9H2,1-2H3. The van der Waals surface area contributed by atoms with E-state index in [1.807, 2.05) is 18.7 Å². The molecular weight excluding hydrogens is 220 g/mol. The summed E-state index contributed by atoms with van der Waals surface area (Å²) in [6.45, 7) is 6.38. The molecule has 2 N–H and O–H groups in total. The highest BCUT2D eigenvalue weighted by Crippen LogP contribution is 2.07. The molecule has 0 aromatic heterocycles. The van der Waals surface area contributed by atoms with Gasteiger partial charge < -0.3 is 15.2 Å². The quantitative estimate of drug-likeness (QED) is 0.617. The molecule has 0 amide bonds. The van der Waals surface area contributed by atoms with E-state index in [1.54, 1.807) is 0 Å². The van der Waals surface area contributed by atoms with Crippen LogP contribution in [0.25, 0.3) is 0 Å². The van der Waals surface area contributed by atoms with Gasteiger partial charge in [0.2, 0.25) is 0 Å². The van der Waals surface area contributed by atoms with Crippen LogP contribution < -0.4 is 5.32 Å². The minimum absolute atomic E-state index is 0.0711. The fourth-order valence-electron chi connectivity index (χ4n) is 2.08. The lowest BCUT2D eigenvalue weighted by atomic mass is 10.2. The zero-order valence-corrected chi connectivity index (χ0v) is 10.8. The van der Waals surface area contributed by atoms with Crippen LogP contribution in [-0.4, -0.2) is 60.9 Å². The molecule has 0 spiro atoms. The summed E-state index contributed by atoms with van der Waals surface area (Å²) in [4.78, 5) is 13.5. The van der Waals surface area contributed by atoms with E-state index in [1.165, 1.54) is 6.42 Å². The number of rotatable bonds is 7. The Bertz CT molecular complexity index is 228. The van der Waals surface area contributed by atoms with Crippen LogP contribution >= 0.6 is 0 Å². The molecule has 1 heterocycles. The maximum Gasteiger partial charge on any atom is 0.320 e. The lowest BCUT2D eigenvalue weighted by molar-refractivity contribution is -0.148. The largest absolute Gasteiger partial charge is 0.462 e. The smallest absolute Gasteiger partial charge is 0.320 e. The van der Waals surface area contributed by atoms with E-state index in [9.17, 15) is 4.79 Å². The van der Waals surface area contributed by atoms with Gasteiger partial charge in [0.25, 0.3) is 0 Å². The fraction of sp³-hybridized carbons (Fsp3) is 0.917. The number of hydrogen-bond acceptors (Lipinski definition) is 5. The van der Waals surface area contributed by atoms with Crippen molar-refractivity contribution in [3.05, 3.63) is 0 Å². The molecule has 17 heavy (non-hydrogen) atoms. The van der Waals surface area contributed by atoms with Crippen molar-refractivity contribution in [2.75, 3.05) is 32.8 Å². The number of hydrogen-bond donors (Lipinski definition) is 2. The molecule has 0 aliphatic carbocycles. The van der Waals surface area contributed by atoms with Crippen molar-refractivity contribution in [1.82, 2.24) is 10.2 Å². The van der Waals surface area contributed by atoms with E-state index >= 15 is 0 Å². The van der Waals surface area contributed by atoms with Gasteiger partial charge in [0, 0.05) is 19.1 Å². The fourth-order valence-corrected chi connectivity index (χ4v) is 2.08. The highest BCUT2D eigenvalue weighted by atomic mass is 16.5. The zero-order chi connectivity index (χ0) is 12.7.